The summed E-state index contributed by atoms with van der Waals surface area (Å²) in [6.07, 6.45) is 8.42. The van der Waals surface area contributed by atoms with Gasteiger partial charge in [-0.25, -0.2) is 0 Å². The van der Waals surface area contributed by atoms with Crippen molar-refractivity contribution in [2.24, 2.45) is 0 Å². The Morgan fingerprint density at radius 1 is 1.05 bits per heavy atom. The van der Waals surface area contributed by atoms with E-state index in [2.05, 4.69) is 43.4 Å². The highest BCUT2D eigenvalue weighted by atomic mass is 16.5. The van der Waals surface area contributed by atoms with Crippen molar-refractivity contribution < 1.29 is 9.47 Å². The van der Waals surface area contributed by atoms with Gasteiger partial charge in [-0.15, -0.1) is 0 Å². The van der Waals surface area contributed by atoms with Crippen molar-refractivity contribution in [3.63, 3.8) is 0 Å². The van der Waals surface area contributed by atoms with E-state index < -0.39 is 0 Å². The average Bonchev–Trinajstić information content (AvgIpc) is 3.81. The van der Waals surface area contributed by atoms with Crippen LogP contribution in [0, 0.1) is 0 Å². The van der Waals surface area contributed by atoms with Crippen LogP contribution in [0.15, 0.2) is 71.9 Å². The second-order valence-corrected chi connectivity index (χ2v) is 10.2. The Morgan fingerprint density at radius 3 is 2.87 bits per heavy atom. The van der Waals surface area contributed by atoms with E-state index >= 15 is 0 Å². The SMILES string of the molecule is O=c1[nH]cccc1N1CCOC(c2nccc3c2Oc2ccc(NCc4cc(C5CC5)ccn4)cc2C3)C1. The minimum absolute atomic E-state index is 0.0998. The molecule has 2 N–H and O–H groups in total. The molecule has 3 aromatic heterocycles. The van der Waals surface area contributed by atoms with Gasteiger partial charge in [0.1, 0.15) is 23.2 Å². The molecule has 1 aliphatic carbocycles. The van der Waals surface area contributed by atoms with Crippen LogP contribution in [0.3, 0.4) is 0 Å². The lowest BCUT2D eigenvalue weighted by atomic mass is 9.98. The number of H-pyrrole nitrogens is 1. The van der Waals surface area contributed by atoms with Crippen molar-refractivity contribution in [2.75, 3.05) is 29.9 Å². The van der Waals surface area contributed by atoms with Crippen LogP contribution in [-0.4, -0.2) is 34.6 Å². The van der Waals surface area contributed by atoms with Gasteiger partial charge >= 0.3 is 0 Å². The van der Waals surface area contributed by atoms with Gasteiger partial charge in [0.15, 0.2) is 5.75 Å². The number of rotatable bonds is 6. The molecule has 1 saturated carbocycles. The van der Waals surface area contributed by atoms with Gasteiger partial charge in [-0.3, -0.25) is 14.8 Å². The minimum atomic E-state index is -0.292. The molecule has 0 spiro atoms. The van der Waals surface area contributed by atoms with Crippen LogP contribution in [0.25, 0.3) is 0 Å². The number of aromatic nitrogens is 3. The van der Waals surface area contributed by atoms with E-state index in [-0.39, 0.29) is 11.7 Å². The first-order chi connectivity index (χ1) is 18.7. The first-order valence-electron chi connectivity index (χ1n) is 13.2. The van der Waals surface area contributed by atoms with Crippen molar-refractivity contribution in [3.05, 3.63) is 106 Å². The Bertz CT molecular complexity index is 1550. The molecular formula is C30H29N5O3. The predicted octanol–water partition coefficient (Wildman–Crippen LogP) is 4.93. The highest BCUT2D eigenvalue weighted by Gasteiger charge is 2.30. The van der Waals surface area contributed by atoms with Crippen LogP contribution in [0.2, 0.25) is 0 Å². The molecule has 1 aromatic carbocycles. The molecule has 4 aromatic rings. The molecule has 7 rings (SSSR count). The lowest BCUT2D eigenvalue weighted by Crippen LogP contribution is -2.41. The van der Waals surface area contributed by atoms with E-state index in [1.807, 2.05) is 42.7 Å². The molecule has 0 radical (unpaired) electrons. The number of pyridine rings is 3. The van der Waals surface area contributed by atoms with Crippen molar-refractivity contribution >= 4 is 11.4 Å². The Kier molecular flexibility index (Phi) is 5.81. The van der Waals surface area contributed by atoms with Crippen LogP contribution in [-0.2, 0) is 17.7 Å². The zero-order valence-electron chi connectivity index (χ0n) is 21.0. The number of nitrogens with zero attached hydrogens (tertiary/aromatic N) is 3. The van der Waals surface area contributed by atoms with Crippen LogP contribution in [0.5, 0.6) is 11.5 Å². The van der Waals surface area contributed by atoms with E-state index in [1.54, 1.807) is 6.20 Å². The molecule has 5 heterocycles. The van der Waals surface area contributed by atoms with Crippen LogP contribution in [0.4, 0.5) is 11.4 Å². The molecule has 2 fully saturated rings. The zero-order valence-corrected chi connectivity index (χ0v) is 21.0. The molecule has 38 heavy (non-hydrogen) atoms. The highest BCUT2D eigenvalue weighted by Crippen LogP contribution is 2.42. The summed E-state index contributed by atoms with van der Waals surface area (Å²) in [5.74, 6) is 2.31. The maximum Gasteiger partial charge on any atom is 0.271 e. The third-order valence-corrected chi connectivity index (χ3v) is 7.54. The average molecular weight is 508 g/mol. The molecule has 0 bridgehead atoms. The number of anilines is 2. The normalized spacial score (nSPS) is 18.3. The maximum atomic E-state index is 12.3. The summed E-state index contributed by atoms with van der Waals surface area (Å²) in [5, 5.41) is 3.53. The molecule has 8 nitrogen and oxygen atoms in total. The van der Waals surface area contributed by atoms with Crippen molar-refractivity contribution in [1.82, 2.24) is 15.0 Å². The second kappa shape index (κ2) is 9.61. The number of ether oxygens (including phenoxy) is 2. The van der Waals surface area contributed by atoms with Gasteiger partial charge in [0.25, 0.3) is 5.56 Å². The number of hydrogen-bond donors (Lipinski definition) is 2. The van der Waals surface area contributed by atoms with E-state index in [4.69, 9.17) is 9.47 Å². The number of nitrogens with one attached hydrogen (secondary N) is 2. The molecule has 8 heteroatoms. The number of aromatic amines is 1. The predicted molar refractivity (Wildman–Crippen MR) is 145 cm³/mol. The molecule has 192 valence electrons. The van der Waals surface area contributed by atoms with Gasteiger partial charge in [-0.05, 0) is 72.9 Å². The van der Waals surface area contributed by atoms with Crippen molar-refractivity contribution in [3.8, 4) is 11.5 Å². The van der Waals surface area contributed by atoms with Crippen LogP contribution < -0.4 is 20.5 Å². The zero-order chi connectivity index (χ0) is 25.5. The topological polar surface area (TPSA) is 92.4 Å². The van der Waals surface area contributed by atoms with Gasteiger partial charge in [0, 0.05) is 48.4 Å². The fraction of sp³-hybridized carbons (Fsp3) is 0.300. The molecular weight excluding hydrogens is 478 g/mol. The first-order valence-corrected chi connectivity index (χ1v) is 13.2. The molecule has 1 atom stereocenters. The first kappa shape index (κ1) is 23.0. The Morgan fingerprint density at radius 2 is 1.97 bits per heavy atom. The summed E-state index contributed by atoms with van der Waals surface area (Å²) in [6, 6.07) is 16.3. The third kappa shape index (κ3) is 4.52. The Balaban J connectivity index is 1.08. The Hall–Kier alpha value is -4.17. The number of hydrogen-bond acceptors (Lipinski definition) is 7. The van der Waals surface area contributed by atoms with Gasteiger partial charge in [0.2, 0.25) is 0 Å². The van der Waals surface area contributed by atoms with Crippen LogP contribution >= 0.6 is 0 Å². The summed E-state index contributed by atoms with van der Waals surface area (Å²) in [6.45, 7) is 2.38. The monoisotopic (exact) mass is 507 g/mol. The molecule has 2 aliphatic heterocycles. The van der Waals surface area contributed by atoms with E-state index in [9.17, 15) is 4.79 Å². The summed E-state index contributed by atoms with van der Waals surface area (Å²) in [7, 11) is 0. The third-order valence-electron chi connectivity index (χ3n) is 7.54. The van der Waals surface area contributed by atoms with Gasteiger partial charge in [-0.2, -0.15) is 0 Å². The van der Waals surface area contributed by atoms with Gasteiger partial charge < -0.3 is 24.7 Å². The lowest BCUT2D eigenvalue weighted by Gasteiger charge is -2.34. The largest absolute Gasteiger partial charge is 0.455 e. The summed E-state index contributed by atoms with van der Waals surface area (Å²) in [5.41, 5.74) is 7.03. The summed E-state index contributed by atoms with van der Waals surface area (Å²) < 4.78 is 12.5. The maximum absolute atomic E-state index is 12.3. The Labute approximate surface area is 220 Å². The molecule has 0 amide bonds. The minimum Gasteiger partial charge on any atom is -0.455 e. The van der Waals surface area contributed by atoms with Gasteiger partial charge in [-0.1, -0.05) is 0 Å². The van der Waals surface area contributed by atoms with Gasteiger partial charge in [0.05, 0.1) is 25.4 Å². The van der Waals surface area contributed by atoms with E-state index in [0.717, 1.165) is 52.0 Å². The fourth-order valence-electron chi connectivity index (χ4n) is 5.39. The quantitative estimate of drug-likeness (QED) is 0.337. The highest BCUT2D eigenvalue weighted by molar-refractivity contribution is 5.58. The van der Waals surface area contributed by atoms with E-state index in [0.29, 0.717) is 31.9 Å². The van der Waals surface area contributed by atoms with E-state index in [1.165, 1.54) is 18.4 Å². The number of morpholine rings is 1. The number of benzene rings is 1. The lowest BCUT2D eigenvalue weighted by molar-refractivity contribution is 0.0354. The second-order valence-electron chi connectivity index (χ2n) is 10.2. The van der Waals surface area contributed by atoms with Crippen molar-refractivity contribution in [2.45, 2.75) is 37.8 Å². The molecule has 1 unspecified atom stereocenters. The molecule has 3 aliphatic rings. The van der Waals surface area contributed by atoms with Crippen molar-refractivity contribution in [1.29, 1.82) is 0 Å². The standard InChI is InChI=1S/C30H29N5O3/c36-30-25(2-1-9-33-30)35-12-13-37-27(18-35)28-29-21(8-11-32-28)14-22-16-23(5-6-26(22)38-29)34-17-24-15-20(7-10-31-24)19-3-4-19/h1-2,5-11,15-16,19,27,34H,3-4,12-14,17-18H2,(H,33,36). The van der Waals surface area contributed by atoms with Crippen LogP contribution in [0.1, 0.15) is 52.9 Å². The smallest absolute Gasteiger partial charge is 0.271 e. The fourth-order valence-corrected chi connectivity index (χ4v) is 5.39. The summed E-state index contributed by atoms with van der Waals surface area (Å²) in [4.78, 5) is 26.4. The number of fused-ring (bicyclic) bond motifs is 2. The summed E-state index contributed by atoms with van der Waals surface area (Å²) >= 11 is 0. The molecule has 1 saturated heterocycles.